The summed E-state index contributed by atoms with van der Waals surface area (Å²) in [6.45, 7) is 7.31. The molecule has 1 unspecified atom stereocenters. The lowest BCUT2D eigenvalue weighted by Gasteiger charge is -2.29. The predicted molar refractivity (Wildman–Crippen MR) is 112 cm³/mol. The molecule has 0 fully saturated rings. The summed E-state index contributed by atoms with van der Waals surface area (Å²) in [5, 5.41) is 3.35. The van der Waals surface area contributed by atoms with Gasteiger partial charge in [-0.2, -0.15) is 0 Å². The molecule has 27 heavy (non-hydrogen) atoms. The zero-order valence-corrected chi connectivity index (χ0v) is 17.8. The number of para-hydroxylation sites is 1. The van der Waals surface area contributed by atoms with Crippen LogP contribution in [0.15, 0.2) is 36.4 Å². The molecule has 2 aromatic rings. The Labute approximate surface area is 166 Å². The number of nitrogens with zero attached hydrogens (tertiary/aromatic N) is 1. The second-order valence-electron chi connectivity index (χ2n) is 6.62. The number of sulfonamides is 1. The van der Waals surface area contributed by atoms with E-state index >= 15 is 0 Å². The Hall–Kier alpha value is -2.05. The molecule has 0 aromatic heterocycles. The molecule has 0 saturated heterocycles. The third-order valence-corrected chi connectivity index (χ3v) is 6.14. The van der Waals surface area contributed by atoms with E-state index in [4.69, 9.17) is 11.6 Å². The maximum absolute atomic E-state index is 12.9. The Balaban J connectivity index is 2.40. The Bertz CT molecular complexity index is 958. The van der Waals surface area contributed by atoms with E-state index < -0.39 is 22.0 Å². The number of carbonyl (C=O) groups excluding carboxylic acids is 1. The number of carbonyl (C=O) groups is 1. The maximum Gasteiger partial charge on any atom is 0.248 e. The van der Waals surface area contributed by atoms with Gasteiger partial charge in [0.25, 0.3) is 0 Å². The highest BCUT2D eigenvalue weighted by atomic mass is 35.5. The average Bonchev–Trinajstić information content (AvgIpc) is 2.58. The lowest BCUT2D eigenvalue weighted by Crippen LogP contribution is -2.45. The van der Waals surface area contributed by atoms with Gasteiger partial charge in [-0.05, 0) is 56.0 Å². The molecule has 0 aliphatic rings. The lowest BCUT2D eigenvalue weighted by atomic mass is 10.1. The zero-order valence-electron chi connectivity index (χ0n) is 16.2. The van der Waals surface area contributed by atoms with Crippen molar-refractivity contribution in [3.8, 4) is 0 Å². The van der Waals surface area contributed by atoms with E-state index in [9.17, 15) is 13.2 Å². The molecule has 0 bridgehead atoms. The Morgan fingerprint density at radius 2 is 1.85 bits per heavy atom. The number of hydrogen-bond donors (Lipinski definition) is 1. The first-order valence-electron chi connectivity index (χ1n) is 8.71. The summed E-state index contributed by atoms with van der Waals surface area (Å²) in [6.07, 6.45) is 1.84. The van der Waals surface area contributed by atoms with Gasteiger partial charge < -0.3 is 5.32 Å². The molecular formula is C20H25ClN2O3S. The van der Waals surface area contributed by atoms with Gasteiger partial charge in [0.05, 0.1) is 11.9 Å². The van der Waals surface area contributed by atoms with E-state index in [2.05, 4.69) is 5.32 Å². The first-order chi connectivity index (χ1) is 12.6. The number of hydrogen-bond acceptors (Lipinski definition) is 3. The van der Waals surface area contributed by atoms with E-state index in [1.807, 2.05) is 39.0 Å². The van der Waals surface area contributed by atoms with Crippen LogP contribution < -0.4 is 9.62 Å². The molecule has 0 heterocycles. The minimum Gasteiger partial charge on any atom is -0.324 e. The van der Waals surface area contributed by atoms with Crippen molar-refractivity contribution >= 4 is 38.9 Å². The molecule has 0 aliphatic heterocycles. The average molecular weight is 409 g/mol. The zero-order chi connectivity index (χ0) is 20.4. The van der Waals surface area contributed by atoms with Gasteiger partial charge in [-0.1, -0.05) is 42.8 Å². The second kappa shape index (κ2) is 8.31. The van der Waals surface area contributed by atoms with Crippen molar-refractivity contribution in [1.29, 1.82) is 0 Å². The Morgan fingerprint density at radius 3 is 2.41 bits per heavy atom. The normalized spacial score (nSPS) is 12.5. The summed E-state index contributed by atoms with van der Waals surface area (Å²) in [5.41, 5.74) is 3.85. The van der Waals surface area contributed by atoms with Crippen LogP contribution in [0.5, 0.6) is 0 Å². The number of aryl methyl sites for hydroxylation is 3. The fraction of sp³-hybridized carbons (Fsp3) is 0.350. The van der Waals surface area contributed by atoms with Gasteiger partial charge in [0, 0.05) is 10.7 Å². The van der Waals surface area contributed by atoms with Gasteiger partial charge in [-0.3, -0.25) is 9.10 Å². The van der Waals surface area contributed by atoms with E-state index in [1.54, 1.807) is 25.1 Å². The minimum atomic E-state index is -3.70. The van der Waals surface area contributed by atoms with Gasteiger partial charge >= 0.3 is 0 Å². The number of halogens is 1. The number of nitrogens with one attached hydrogen (secondary N) is 1. The van der Waals surface area contributed by atoms with E-state index in [1.165, 1.54) is 0 Å². The summed E-state index contributed by atoms with van der Waals surface area (Å²) in [4.78, 5) is 12.9. The quantitative estimate of drug-likeness (QED) is 0.774. The molecule has 7 heteroatoms. The highest BCUT2D eigenvalue weighted by Crippen LogP contribution is 2.28. The molecule has 0 saturated carbocycles. The van der Waals surface area contributed by atoms with Crippen LogP contribution in [0.3, 0.4) is 0 Å². The molecule has 146 valence electrons. The van der Waals surface area contributed by atoms with Crippen LogP contribution in [0.25, 0.3) is 0 Å². The van der Waals surface area contributed by atoms with Crippen molar-refractivity contribution < 1.29 is 13.2 Å². The highest BCUT2D eigenvalue weighted by Gasteiger charge is 2.30. The highest BCUT2D eigenvalue weighted by molar-refractivity contribution is 7.92. The van der Waals surface area contributed by atoms with Gasteiger partial charge in [0.15, 0.2) is 0 Å². The molecule has 1 amide bonds. The largest absolute Gasteiger partial charge is 0.324 e. The van der Waals surface area contributed by atoms with Crippen molar-refractivity contribution in [1.82, 2.24) is 0 Å². The molecule has 5 nitrogen and oxygen atoms in total. The molecule has 1 atom stereocenters. The number of rotatable bonds is 6. The monoisotopic (exact) mass is 408 g/mol. The third kappa shape index (κ3) is 4.82. The fourth-order valence-electron chi connectivity index (χ4n) is 2.96. The summed E-state index contributed by atoms with van der Waals surface area (Å²) in [7, 11) is -3.70. The van der Waals surface area contributed by atoms with Crippen molar-refractivity contribution in [3.63, 3.8) is 0 Å². The van der Waals surface area contributed by atoms with Gasteiger partial charge in [-0.25, -0.2) is 8.42 Å². The van der Waals surface area contributed by atoms with Gasteiger partial charge in [-0.15, -0.1) is 0 Å². The molecule has 2 aromatic carbocycles. The van der Waals surface area contributed by atoms with E-state index in [0.717, 1.165) is 39.4 Å². The predicted octanol–water partition coefficient (Wildman–Crippen LogP) is 4.31. The van der Waals surface area contributed by atoms with Crippen LogP contribution in [-0.4, -0.2) is 26.6 Å². The topological polar surface area (TPSA) is 66.5 Å². The Kier molecular flexibility index (Phi) is 6.54. The van der Waals surface area contributed by atoms with E-state index in [0.29, 0.717) is 10.7 Å². The standard InChI is InChI=1S/C20H25ClN2O3S/c1-6-16-9-7-8-14(3)19(16)22-20(24)15(4)23(27(5,25)26)17-11-10-13(2)18(21)12-17/h7-12,15H,6H2,1-5H3,(H,22,24). The van der Waals surface area contributed by atoms with Gasteiger partial charge in [0.2, 0.25) is 15.9 Å². The third-order valence-electron chi connectivity index (χ3n) is 4.49. The lowest BCUT2D eigenvalue weighted by molar-refractivity contribution is -0.116. The summed E-state index contributed by atoms with van der Waals surface area (Å²) in [5.74, 6) is -0.402. The molecule has 0 radical (unpaired) electrons. The number of anilines is 2. The van der Waals surface area contributed by atoms with Crippen molar-refractivity contribution in [2.24, 2.45) is 0 Å². The summed E-state index contributed by atoms with van der Waals surface area (Å²) >= 11 is 6.16. The van der Waals surface area contributed by atoms with Crippen LogP contribution in [0.2, 0.25) is 5.02 Å². The van der Waals surface area contributed by atoms with Crippen molar-refractivity contribution in [2.75, 3.05) is 15.9 Å². The second-order valence-corrected chi connectivity index (χ2v) is 8.89. The smallest absolute Gasteiger partial charge is 0.248 e. The van der Waals surface area contributed by atoms with Crippen LogP contribution in [0.4, 0.5) is 11.4 Å². The van der Waals surface area contributed by atoms with Crippen LogP contribution in [0.1, 0.15) is 30.5 Å². The SMILES string of the molecule is CCc1cccc(C)c1NC(=O)C(C)N(c1ccc(C)c(Cl)c1)S(C)(=O)=O. The van der Waals surface area contributed by atoms with E-state index in [-0.39, 0.29) is 0 Å². The molecule has 1 N–H and O–H groups in total. The molecule has 0 spiro atoms. The Morgan fingerprint density at radius 1 is 1.19 bits per heavy atom. The molecule has 2 rings (SSSR count). The van der Waals surface area contributed by atoms with Crippen LogP contribution in [-0.2, 0) is 21.2 Å². The molecule has 0 aliphatic carbocycles. The minimum absolute atomic E-state index is 0.358. The summed E-state index contributed by atoms with van der Waals surface area (Å²) in [6, 6.07) is 9.79. The number of benzene rings is 2. The summed E-state index contributed by atoms with van der Waals surface area (Å²) < 4.78 is 25.9. The van der Waals surface area contributed by atoms with Crippen molar-refractivity contribution in [3.05, 3.63) is 58.1 Å². The first-order valence-corrected chi connectivity index (χ1v) is 10.9. The first kappa shape index (κ1) is 21.3. The van der Waals surface area contributed by atoms with Crippen LogP contribution >= 0.6 is 11.6 Å². The number of amides is 1. The maximum atomic E-state index is 12.9. The van der Waals surface area contributed by atoms with Crippen molar-refractivity contribution in [2.45, 2.75) is 40.2 Å². The fourth-order valence-corrected chi connectivity index (χ4v) is 4.30. The van der Waals surface area contributed by atoms with Crippen LogP contribution in [0, 0.1) is 13.8 Å². The van der Waals surface area contributed by atoms with Gasteiger partial charge in [0.1, 0.15) is 6.04 Å². The molecular weight excluding hydrogens is 384 g/mol.